The number of hydrogen-bond donors (Lipinski definition) is 0. The average molecular weight is 432 g/mol. The van der Waals surface area contributed by atoms with E-state index in [1.54, 1.807) is 31.1 Å². The van der Waals surface area contributed by atoms with Crippen LogP contribution in [0.4, 0.5) is 13.2 Å². The van der Waals surface area contributed by atoms with E-state index in [0.29, 0.717) is 43.1 Å². The Morgan fingerprint density at radius 2 is 1.97 bits per heavy atom. The van der Waals surface area contributed by atoms with Crippen LogP contribution in [0.1, 0.15) is 41.4 Å². The Morgan fingerprint density at radius 3 is 2.65 bits per heavy atom. The SMILES string of the molecule is COc1ccc(CC(=O)N2CCC[C@@H](c3cc(C(F)(F)F)n4nc(C)cc4n3)C2)cc1. The van der Waals surface area contributed by atoms with Gasteiger partial charge in [0.05, 0.1) is 19.2 Å². The lowest BCUT2D eigenvalue weighted by molar-refractivity contribution is -0.142. The molecule has 1 aliphatic heterocycles. The highest BCUT2D eigenvalue weighted by Gasteiger charge is 2.36. The van der Waals surface area contributed by atoms with Crippen LogP contribution in [0.2, 0.25) is 0 Å². The van der Waals surface area contributed by atoms with Crippen LogP contribution in [0.15, 0.2) is 36.4 Å². The number of methoxy groups -OCH3 is 1. The fourth-order valence-electron chi connectivity index (χ4n) is 3.99. The Kier molecular flexibility index (Phi) is 5.60. The standard InChI is InChI=1S/C22H23F3N4O2/c1-14-10-20-26-18(12-19(22(23,24)25)29(20)27-14)16-4-3-9-28(13-16)21(30)11-15-5-7-17(31-2)8-6-15/h5-8,10,12,16H,3-4,9,11,13H2,1-2H3/t16-/m1/s1. The fraction of sp³-hybridized carbons (Fsp3) is 0.409. The second kappa shape index (κ2) is 8.20. The summed E-state index contributed by atoms with van der Waals surface area (Å²) in [7, 11) is 1.58. The van der Waals surface area contributed by atoms with Crippen molar-refractivity contribution in [1.82, 2.24) is 19.5 Å². The molecule has 9 heteroatoms. The van der Waals surface area contributed by atoms with Crippen LogP contribution in [0, 0.1) is 6.92 Å². The highest BCUT2D eigenvalue weighted by Crippen LogP contribution is 2.33. The van der Waals surface area contributed by atoms with E-state index in [1.165, 1.54) is 6.07 Å². The van der Waals surface area contributed by atoms with Crippen LogP contribution in [0.3, 0.4) is 0 Å². The molecule has 0 N–H and O–H groups in total. The molecule has 1 amide bonds. The quantitative estimate of drug-likeness (QED) is 0.625. The lowest BCUT2D eigenvalue weighted by Crippen LogP contribution is -2.40. The van der Waals surface area contributed by atoms with Gasteiger partial charge in [0.2, 0.25) is 5.91 Å². The van der Waals surface area contributed by atoms with Crippen LogP contribution in [0.25, 0.3) is 5.65 Å². The Balaban J connectivity index is 1.55. The molecular weight excluding hydrogens is 409 g/mol. The monoisotopic (exact) mass is 432 g/mol. The predicted molar refractivity (Wildman–Crippen MR) is 108 cm³/mol. The molecule has 164 valence electrons. The molecule has 1 saturated heterocycles. The molecule has 4 rings (SSSR count). The van der Waals surface area contributed by atoms with Crippen molar-refractivity contribution in [3.05, 3.63) is 59.0 Å². The van der Waals surface area contributed by atoms with Crippen molar-refractivity contribution in [2.75, 3.05) is 20.2 Å². The van der Waals surface area contributed by atoms with Gasteiger partial charge in [0.15, 0.2) is 5.65 Å². The maximum absolute atomic E-state index is 13.6. The van der Waals surface area contributed by atoms with Crippen molar-refractivity contribution in [2.24, 2.45) is 0 Å². The van der Waals surface area contributed by atoms with Gasteiger partial charge in [-0.1, -0.05) is 12.1 Å². The Morgan fingerprint density at radius 1 is 1.23 bits per heavy atom. The van der Waals surface area contributed by atoms with E-state index in [9.17, 15) is 18.0 Å². The minimum absolute atomic E-state index is 0.0489. The van der Waals surface area contributed by atoms with Gasteiger partial charge in [-0.2, -0.15) is 18.3 Å². The third-order valence-corrected chi connectivity index (χ3v) is 5.57. The number of likely N-dealkylation sites (tertiary alicyclic amines) is 1. The van der Waals surface area contributed by atoms with Crippen molar-refractivity contribution >= 4 is 11.6 Å². The molecule has 31 heavy (non-hydrogen) atoms. The van der Waals surface area contributed by atoms with Crippen molar-refractivity contribution in [1.29, 1.82) is 0 Å². The molecule has 0 spiro atoms. The molecule has 3 heterocycles. The van der Waals surface area contributed by atoms with E-state index in [2.05, 4.69) is 10.1 Å². The number of rotatable bonds is 4. The molecule has 0 aliphatic carbocycles. The zero-order chi connectivity index (χ0) is 22.2. The van der Waals surface area contributed by atoms with E-state index >= 15 is 0 Å². The Labute approximate surface area is 177 Å². The minimum Gasteiger partial charge on any atom is -0.497 e. The van der Waals surface area contributed by atoms with Gasteiger partial charge < -0.3 is 9.64 Å². The number of alkyl halides is 3. The van der Waals surface area contributed by atoms with Crippen LogP contribution in [-0.2, 0) is 17.4 Å². The number of aryl methyl sites for hydroxylation is 1. The number of nitrogens with zero attached hydrogens (tertiary/aromatic N) is 4. The number of fused-ring (bicyclic) bond motifs is 1. The molecule has 0 bridgehead atoms. The first kappa shape index (κ1) is 21.1. The van der Waals surface area contributed by atoms with Gasteiger partial charge in [0.1, 0.15) is 11.4 Å². The van der Waals surface area contributed by atoms with Crippen LogP contribution in [0.5, 0.6) is 5.75 Å². The van der Waals surface area contributed by atoms with Crippen molar-refractivity contribution in [3.8, 4) is 5.75 Å². The zero-order valence-electron chi connectivity index (χ0n) is 17.3. The van der Waals surface area contributed by atoms with Crippen LogP contribution < -0.4 is 4.74 Å². The van der Waals surface area contributed by atoms with E-state index in [-0.39, 0.29) is 23.9 Å². The van der Waals surface area contributed by atoms with Crippen molar-refractivity contribution < 1.29 is 22.7 Å². The van der Waals surface area contributed by atoms with Gasteiger partial charge in [0, 0.05) is 30.8 Å². The Bertz CT molecular complexity index is 1090. The van der Waals surface area contributed by atoms with Gasteiger partial charge in [-0.3, -0.25) is 4.79 Å². The lowest BCUT2D eigenvalue weighted by Gasteiger charge is -2.33. The molecular formula is C22H23F3N4O2. The third-order valence-electron chi connectivity index (χ3n) is 5.57. The fourth-order valence-corrected chi connectivity index (χ4v) is 3.99. The van der Waals surface area contributed by atoms with Crippen LogP contribution >= 0.6 is 0 Å². The maximum Gasteiger partial charge on any atom is 0.433 e. The largest absolute Gasteiger partial charge is 0.497 e. The second-order valence-corrected chi connectivity index (χ2v) is 7.82. The first-order valence-electron chi connectivity index (χ1n) is 10.1. The minimum atomic E-state index is -4.55. The maximum atomic E-state index is 13.6. The molecule has 1 aliphatic rings. The second-order valence-electron chi connectivity index (χ2n) is 7.82. The van der Waals surface area contributed by atoms with Crippen molar-refractivity contribution in [2.45, 2.75) is 38.3 Å². The summed E-state index contributed by atoms with van der Waals surface area (Å²) in [5.41, 5.74) is 1.00. The van der Waals surface area contributed by atoms with E-state index in [0.717, 1.165) is 16.1 Å². The molecule has 1 fully saturated rings. The number of aromatic nitrogens is 3. The molecule has 0 radical (unpaired) electrons. The first-order valence-corrected chi connectivity index (χ1v) is 10.1. The van der Waals surface area contributed by atoms with E-state index < -0.39 is 11.9 Å². The molecule has 0 saturated carbocycles. The number of carbonyl (C=O) groups is 1. The number of halogens is 3. The molecule has 2 aromatic heterocycles. The van der Waals surface area contributed by atoms with Crippen molar-refractivity contribution in [3.63, 3.8) is 0 Å². The number of piperidine rings is 1. The van der Waals surface area contributed by atoms with Gasteiger partial charge >= 0.3 is 6.18 Å². The van der Waals surface area contributed by atoms with Gasteiger partial charge in [-0.05, 0) is 43.5 Å². The highest BCUT2D eigenvalue weighted by molar-refractivity contribution is 5.79. The summed E-state index contributed by atoms with van der Waals surface area (Å²) >= 11 is 0. The number of hydrogen-bond acceptors (Lipinski definition) is 4. The molecule has 1 atom stereocenters. The van der Waals surface area contributed by atoms with E-state index in [1.807, 2.05) is 12.1 Å². The lowest BCUT2D eigenvalue weighted by atomic mass is 9.93. The Hall–Kier alpha value is -3.10. The third kappa shape index (κ3) is 4.50. The van der Waals surface area contributed by atoms with E-state index in [4.69, 9.17) is 4.74 Å². The molecule has 6 nitrogen and oxygen atoms in total. The highest BCUT2D eigenvalue weighted by atomic mass is 19.4. The number of benzene rings is 1. The van der Waals surface area contributed by atoms with Crippen LogP contribution in [-0.4, -0.2) is 45.6 Å². The summed E-state index contributed by atoms with van der Waals surface area (Å²) < 4.78 is 46.8. The number of carbonyl (C=O) groups excluding carboxylic acids is 1. The van der Waals surface area contributed by atoms with Gasteiger partial charge in [-0.25, -0.2) is 9.50 Å². The smallest absolute Gasteiger partial charge is 0.433 e. The number of amides is 1. The summed E-state index contributed by atoms with van der Waals surface area (Å²) in [6.45, 7) is 2.57. The van der Waals surface area contributed by atoms with Gasteiger partial charge in [0.25, 0.3) is 0 Å². The normalized spacial score (nSPS) is 17.2. The summed E-state index contributed by atoms with van der Waals surface area (Å²) in [4.78, 5) is 19.0. The summed E-state index contributed by atoms with van der Waals surface area (Å²) in [5.74, 6) is 0.410. The number of ether oxygens (including phenoxy) is 1. The summed E-state index contributed by atoms with van der Waals surface area (Å²) in [6, 6.07) is 9.88. The predicted octanol–water partition coefficient (Wildman–Crippen LogP) is 4.01. The molecule has 0 unspecified atom stereocenters. The van der Waals surface area contributed by atoms with Gasteiger partial charge in [-0.15, -0.1) is 0 Å². The first-order chi connectivity index (χ1) is 14.7. The summed E-state index contributed by atoms with van der Waals surface area (Å²) in [6.07, 6.45) is -2.92. The molecule has 3 aromatic rings. The summed E-state index contributed by atoms with van der Waals surface area (Å²) in [5, 5.41) is 3.93. The average Bonchev–Trinajstić information content (AvgIpc) is 3.12. The zero-order valence-corrected chi connectivity index (χ0v) is 17.3. The topological polar surface area (TPSA) is 59.7 Å². The molecule has 1 aromatic carbocycles.